The summed E-state index contributed by atoms with van der Waals surface area (Å²) in [5.74, 6) is 0.371. The molecule has 0 saturated carbocycles. The van der Waals surface area contributed by atoms with E-state index in [1.165, 1.54) is 19.2 Å². The average Bonchev–Trinajstić information content (AvgIpc) is 2.78. The lowest BCUT2D eigenvalue weighted by Crippen LogP contribution is -2.28. The lowest BCUT2D eigenvalue weighted by atomic mass is 10.2. The van der Waals surface area contributed by atoms with Gasteiger partial charge >= 0.3 is 0 Å². The summed E-state index contributed by atoms with van der Waals surface area (Å²) in [6.45, 7) is 4.96. The molecule has 0 aromatic carbocycles. The molecule has 2 rings (SSSR count). The fraction of sp³-hybridized carbons (Fsp3) is 0.400. The van der Waals surface area contributed by atoms with E-state index < -0.39 is 5.60 Å². The van der Waals surface area contributed by atoms with Gasteiger partial charge in [-0.15, -0.1) is 0 Å². The van der Waals surface area contributed by atoms with Crippen molar-refractivity contribution in [2.24, 2.45) is 0 Å². The number of ether oxygens (including phenoxy) is 1. The van der Waals surface area contributed by atoms with Gasteiger partial charge in [0.15, 0.2) is 11.4 Å². The van der Waals surface area contributed by atoms with Crippen LogP contribution in [-0.2, 0) is 11.2 Å². The maximum Gasteiger partial charge on any atom is 0.233 e. The van der Waals surface area contributed by atoms with Crippen molar-refractivity contribution >= 4 is 16.9 Å². The van der Waals surface area contributed by atoms with E-state index in [9.17, 15) is 9.90 Å². The van der Waals surface area contributed by atoms with E-state index in [1.54, 1.807) is 19.9 Å². The molecule has 6 heteroatoms. The van der Waals surface area contributed by atoms with Crippen molar-refractivity contribution in [3.63, 3.8) is 0 Å². The summed E-state index contributed by atoms with van der Waals surface area (Å²) in [5.41, 5.74) is 1.37. The highest BCUT2D eigenvalue weighted by Gasteiger charge is 2.14. The number of aromatic amines is 1. The number of carbonyl (C=O) groups excluding carboxylic acids is 1. The molecule has 0 atom stereocenters. The van der Waals surface area contributed by atoms with Crippen LogP contribution >= 0.6 is 0 Å². The van der Waals surface area contributed by atoms with Crippen molar-refractivity contribution in [3.8, 4) is 5.88 Å². The minimum absolute atomic E-state index is 0.00938. The van der Waals surface area contributed by atoms with Gasteiger partial charge in [-0.25, -0.2) is 9.97 Å². The van der Waals surface area contributed by atoms with E-state index in [4.69, 9.17) is 4.74 Å². The third-order valence-corrected chi connectivity index (χ3v) is 2.70. The smallest absolute Gasteiger partial charge is 0.233 e. The molecule has 2 N–H and O–H groups in total. The van der Waals surface area contributed by atoms with Crippen molar-refractivity contribution in [2.75, 3.05) is 6.61 Å². The zero-order valence-electron chi connectivity index (χ0n) is 12.4. The molecule has 0 radical (unpaired) electrons. The summed E-state index contributed by atoms with van der Waals surface area (Å²) in [7, 11) is 0. The number of ketones is 1. The van der Waals surface area contributed by atoms with Crippen LogP contribution < -0.4 is 4.74 Å². The molecule has 0 amide bonds. The minimum atomic E-state index is -0.929. The molecule has 21 heavy (non-hydrogen) atoms. The Morgan fingerprint density at radius 2 is 2.29 bits per heavy atom. The number of nitrogens with one attached hydrogen (secondary N) is 1. The third-order valence-electron chi connectivity index (χ3n) is 2.70. The number of hydrogen-bond donors (Lipinski definition) is 2. The summed E-state index contributed by atoms with van der Waals surface area (Å²) in [6, 6.07) is 0. The molecular formula is C15H19N3O3. The molecule has 2 aromatic rings. The fourth-order valence-electron chi connectivity index (χ4n) is 1.75. The summed E-state index contributed by atoms with van der Waals surface area (Å²) in [6.07, 6.45) is 7.23. The van der Waals surface area contributed by atoms with Crippen LogP contribution in [0.5, 0.6) is 5.88 Å². The van der Waals surface area contributed by atoms with E-state index in [0.29, 0.717) is 23.5 Å². The van der Waals surface area contributed by atoms with Crippen LogP contribution in [0.15, 0.2) is 24.5 Å². The fourth-order valence-corrected chi connectivity index (χ4v) is 1.75. The van der Waals surface area contributed by atoms with Crippen LogP contribution in [0, 0.1) is 0 Å². The number of nitrogens with zero attached hydrogens (tertiary/aromatic N) is 2. The van der Waals surface area contributed by atoms with Crippen molar-refractivity contribution in [1.29, 1.82) is 0 Å². The van der Waals surface area contributed by atoms with Gasteiger partial charge in [0.1, 0.15) is 12.1 Å². The van der Waals surface area contributed by atoms with Gasteiger partial charge in [-0.3, -0.25) is 4.79 Å². The van der Waals surface area contributed by atoms with Gasteiger partial charge in [-0.2, -0.15) is 0 Å². The minimum Gasteiger partial charge on any atom is -0.474 e. The molecule has 0 aliphatic rings. The van der Waals surface area contributed by atoms with Gasteiger partial charge in [0, 0.05) is 11.8 Å². The summed E-state index contributed by atoms with van der Waals surface area (Å²) in [4.78, 5) is 22.6. The Bertz CT molecular complexity index is 668. The van der Waals surface area contributed by atoms with Crippen molar-refractivity contribution in [1.82, 2.24) is 15.0 Å². The molecular weight excluding hydrogens is 270 g/mol. The number of fused-ring (bicyclic) bond motifs is 1. The Morgan fingerprint density at radius 1 is 1.52 bits per heavy atom. The summed E-state index contributed by atoms with van der Waals surface area (Å²) in [5, 5.41) is 9.65. The molecule has 0 unspecified atom stereocenters. The maximum atomic E-state index is 10.9. The second-order valence-corrected chi connectivity index (χ2v) is 5.54. The number of allylic oxidation sites excluding steroid dienone is 2. The summed E-state index contributed by atoms with van der Waals surface area (Å²) < 4.78 is 5.44. The molecule has 0 aliphatic carbocycles. The predicted octanol–water partition coefficient (Wildman–Crippen LogP) is 1.80. The molecule has 6 nitrogen and oxygen atoms in total. The largest absolute Gasteiger partial charge is 0.474 e. The van der Waals surface area contributed by atoms with Crippen LogP contribution in [0.2, 0.25) is 0 Å². The molecule has 0 saturated heterocycles. The first-order valence-corrected chi connectivity index (χ1v) is 6.70. The number of rotatable bonds is 6. The third kappa shape index (κ3) is 4.39. The highest BCUT2D eigenvalue weighted by molar-refractivity contribution is 5.87. The predicted molar refractivity (Wildman–Crippen MR) is 79.2 cm³/mol. The lowest BCUT2D eigenvalue weighted by Gasteiger charge is -2.16. The van der Waals surface area contributed by atoms with Crippen molar-refractivity contribution < 1.29 is 14.6 Å². The normalized spacial score (nSPS) is 12.2. The van der Waals surface area contributed by atoms with Gasteiger partial charge in [0.05, 0.1) is 11.8 Å². The topological polar surface area (TPSA) is 88.1 Å². The van der Waals surface area contributed by atoms with E-state index in [0.717, 1.165) is 5.56 Å². The standard InChI is InChI=1S/C15H19N3O3/c1-10(19)5-4-6-11-7-16-14-13(11)18-12(8-17-14)21-9-15(2,3)20/h4-5,7-8,20H,6,9H2,1-3H3,(H,16,17)/b5-4+. The first-order valence-electron chi connectivity index (χ1n) is 6.70. The van der Waals surface area contributed by atoms with Crippen LogP contribution in [0.4, 0.5) is 0 Å². The van der Waals surface area contributed by atoms with Gasteiger partial charge in [0.25, 0.3) is 0 Å². The Balaban J connectivity index is 2.18. The van der Waals surface area contributed by atoms with Crippen LogP contribution in [0.3, 0.4) is 0 Å². The van der Waals surface area contributed by atoms with Crippen LogP contribution in [0.25, 0.3) is 11.2 Å². The molecule has 2 aromatic heterocycles. The SMILES string of the molecule is CC(=O)/C=C/Cc1c[nH]c2ncc(OCC(C)(C)O)nc12. The Labute approximate surface area is 122 Å². The molecule has 0 aliphatic heterocycles. The molecule has 0 spiro atoms. The Hall–Kier alpha value is -2.21. The zero-order chi connectivity index (χ0) is 15.5. The zero-order valence-corrected chi connectivity index (χ0v) is 12.4. The highest BCUT2D eigenvalue weighted by atomic mass is 16.5. The number of H-pyrrole nitrogens is 1. The molecule has 2 heterocycles. The highest BCUT2D eigenvalue weighted by Crippen LogP contribution is 2.18. The number of aliphatic hydroxyl groups is 1. The van der Waals surface area contributed by atoms with Crippen molar-refractivity contribution in [2.45, 2.75) is 32.8 Å². The van der Waals surface area contributed by atoms with Gasteiger partial charge in [-0.05, 0) is 33.3 Å². The van der Waals surface area contributed by atoms with E-state index >= 15 is 0 Å². The quantitative estimate of drug-likeness (QED) is 0.792. The van der Waals surface area contributed by atoms with Gasteiger partial charge in [-0.1, -0.05) is 6.08 Å². The summed E-state index contributed by atoms with van der Waals surface area (Å²) >= 11 is 0. The Kier molecular flexibility index (Phi) is 4.37. The molecule has 0 fully saturated rings. The van der Waals surface area contributed by atoms with Crippen LogP contribution in [0.1, 0.15) is 26.3 Å². The second kappa shape index (κ2) is 6.05. The lowest BCUT2D eigenvalue weighted by molar-refractivity contribution is -0.112. The first-order chi connectivity index (χ1) is 9.85. The molecule has 112 valence electrons. The van der Waals surface area contributed by atoms with Gasteiger partial charge in [0.2, 0.25) is 5.88 Å². The molecule has 0 bridgehead atoms. The van der Waals surface area contributed by atoms with Gasteiger partial charge < -0.3 is 14.8 Å². The van der Waals surface area contributed by atoms with E-state index in [2.05, 4.69) is 15.0 Å². The Morgan fingerprint density at radius 3 is 2.95 bits per heavy atom. The maximum absolute atomic E-state index is 10.9. The van der Waals surface area contributed by atoms with E-state index in [1.807, 2.05) is 6.20 Å². The second-order valence-electron chi connectivity index (χ2n) is 5.54. The number of hydrogen-bond acceptors (Lipinski definition) is 5. The van der Waals surface area contributed by atoms with E-state index in [-0.39, 0.29) is 12.4 Å². The van der Waals surface area contributed by atoms with Crippen LogP contribution in [-0.4, -0.2) is 38.0 Å². The first kappa shape index (κ1) is 15.2. The number of aromatic nitrogens is 3. The number of carbonyl (C=O) groups is 1. The average molecular weight is 289 g/mol. The monoisotopic (exact) mass is 289 g/mol. The van der Waals surface area contributed by atoms with Crippen molar-refractivity contribution in [3.05, 3.63) is 30.1 Å².